The van der Waals surface area contributed by atoms with Gasteiger partial charge in [0.25, 0.3) is 11.8 Å². The van der Waals surface area contributed by atoms with Gasteiger partial charge in [0, 0.05) is 26.2 Å². The van der Waals surface area contributed by atoms with Gasteiger partial charge in [0.2, 0.25) is 0 Å². The number of hydrogen-bond acceptors (Lipinski definition) is 3. The van der Waals surface area contributed by atoms with Gasteiger partial charge in [0.1, 0.15) is 0 Å². The first-order valence-corrected chi connectivity index (χ1v) is 8.15. The topological polar surface area (TPSA) is 53.8 Å². The van der Waals surface area contributed by atoms with Crippen molar-refractivity contribution in [1.29, 1.82) is 0 Å². The highest BCUT2D eigenvalue weighted by molar-refractivity contribution is 9.10. The standard InChI is InChI=1S/C16H12BrF3N2O3/c17-12-4-3-11(25-12)16(24)22-7-5-21(6-8-22)15(23)9-1-2-10(18)14(20)13(9)19/h1-4H,5-8H2. The molecule has 2 aromatic rings. The van der Waals surface area contributed by atoms with Crippen molar-refractivity contribution in [3.63, 3.8) is 0 Å². The van der Waals surface area contributed by atoms with Crippen LogP contribution in [0.25, 0.3) is 0 Å². The molecular weight excluding hydrogens is 405 g/mol. The Labute approximate surface area is 149 Å². The second-order valence-electron chi connectivity index (χ2n) is 5.41. The van der Waals surface area contributed by atoms with Crippen molar-refractivity contribution in [2.75, 3.05) is 26.2 Å². The first-order valence-electron chi connectivity index (χ1n) is 7.36. The molecule has 0 N–H and O–H groups in total. The maximum Gasteiger partial charge on any atom is 0.289 e. The highest BCUT2D eigenvalue weighted by atomic mass is 79.9. The molecule has 1 aliphatic heterocycles. The fraction of sp³-hybridized carbons (Fsp3) is 0.250. The van der Waals surface area contributed by atoms with Crippen molar-refractivity contribution in [2.45, 2.75) is 0 Å². The number of nitrogens with zero attached hydrogens (tertiary/aromatic N) is 2. The van der Waals surface area contributed by atoms with E-state index in [1.165, 1.54) is 15.9 Å². The fourth-order valence-electron chi connectivity index (χ4n) is 2.56. The van der Waals surface area contributed by atoms with Gasteiger partial charge in [-0.05, 0) is 40.2 Å². The third-order valence-corrected chi connectivity index (χ3v) is 4.33. The summed E-state index contributed by atoms with van der Waals surface area (Å²) in [6.07, 6.45) is 0. The summed E-state index contributed by atoms with van der Waals surface area (Å²) >= 11 is 3.11. The number of hydrogen-bond donors (Lipinski definition) is 0. The lowest BCUT2D eigenvalue weighted by Gasteiger charge is -2.34. The number of carbonyl (C=O) groups is 2. The Morgan fingerprint density at radius 3 is 2.04 bits per heavy atom. The van der Waals surface area contributed by atoms with Crippen LogP contribution in [-0.4, -0.2) is 47.8 Å². The van der Waals surface area contributed by atoms with Gasteiger partial charge in [-0.3, -0.25) is 9.59 Å². The zero-order valence-electron chi connectivity index (χ0n) is 12.8. The molecule has 0 unspecified atom stereocenters. The van der Waals surface area contributed by atoms with Crippen LogP contribution in [0.2, 0.25) is 0 Å². The van der Waals surface area contributed by atoms with Crippen molar-refractivity contribution < 1.29 is 27.2 Å². The fourth-order valence-corrected chi connectivity index (χ4v) is 2.87. The third kappa shape index (κ3) is 3.41. The lowest BCUT2D eigenvalue weighted by Crippen LogP contribution is -2.50. The second-order valence-corrected chi connectivity index (χ2v) is 6.19. The van der Waals surface area contributed by atoms with E-state index in [0.29, 0.717) is 10.7 Å². The number of benzene rings is 1. The Morgan fingerprint density at radius 1 is 0.880 bits per heavy atom. The molecule has 0 atom stereocenters. The molecule has 1 saturated heterocycles. The molecule has 1 aromatic heterocycles. The number of piperazine rings is 1. The summed E-state index contributed by atoms with van der Waals surface area (Å²) in [6, 6.07) is 4.74. The van der Waals surface area contributed by atoms with E-state index >= 15 is 0 Å². The second kappa shape index (κ2) is 6.91. The van der Waals surface area contributed by atoms with Crippen LogP contribution in [-0.2, 0) is 0 Å². The van der Waals surface area contributed by atoms with Gasteiger partial charge >= 0.3 is 0 Å². The summed E-state index contributed by atoms with van der Waals surface area (Å²) in [5, 5.41) is 0. The van der Waals surface area contributed by atoms with Crippen molar-refractivity contribution in [3.8, 4) is 0 Å². The van der Waals surface area contributed by atoms with E-state index < -0.39 is 28.9 Å². The largest absolute Gasteiger partial charge is 0.444 e. The molecule has 132 valence electrons. The van der Waals surface area contributed by atoms with Gasteiger partial charge in [0.15, 0.2) is 27.9 Å². The van der Waals surface area contributed by atoms with Crippen LogP contribution < -0.4 is 0 Å². The van der Waals surface area contributed by atoms with Crippen LogP contribution in [0.15, 0.2) is 33.4 Å². The van der Waals surface area contributed by atoms with E-state index in [9.17, 15) is 22.8 Å². The third-order valence-electron chi connectivity index (χ3n) is 3.90. The molecule has 2 amide bonds. The molecule has 0 aliphatic carbocycles. The van der Waals surface area contributed by atoms with E-state index in [1.807, 2.05) is 0 Å². The molecule has 0 bridgehead atoms. The predicted octanol–water partition coefficient (Wildman–Crippen LogP) is 3.06. The van der Waals surface area contributed by atoms with Gasteiger partial charge in [-0.25, -0.2) is 13.2 Å². The Bertz CT molecular complexity index is 832. The normalized spacial score (nSPS) is 14.7. The van der Waals surface area contributed by atoms with E-state index in [1.54, 1.807) is 6.07 Å². The maximum absolute atomic E-state index is 13.8. The highest BCUT2D eigenvalue weighted by Crippen LogP contribution is 2.19. The van der Waals surface area contributed by atoms with E-state index in [0.717, 1.165) is 6.07 Å². The molecule has 5 nitrogen and oxygen atoms in total. The van der Waals surface area contributed by atoms with Crippen LogP contribution >= 0.6 is 15.9 Å². The zero-order valence-corrected chi connectivity index (χ0v) is 14.4. The summed E-state index contributed by atoms with van der Waals surface area (Å²) in [4.78, 5) is 27.3. The molecule has 1 fully saturated rings. The number of amides is 2. The zero-order chi connectivity index (χ0) is 18.1. The SMILES string of the molecule is O=C(c1ccc(Br)o1)N1CCN(C(=O)c2ccc(F)c(F)c2F)CC1. The maximum atomic E-state index is 13.8. The first kappa shape index (κ1) is 17.5. The summed E-state index contributed by atoms with van der Waals surface area (Å²) in [6.45, 7) is 0.720. The molecule has 0 spiro atoms. The molecule has 25 heavy (non-hydrogen) atoms. The van der Waals surface area contributed by atoms with Crippen LogP contribution in [0, 0.1) is 17.5 Å². The molecule has 0 saturated carbocycles. The molecule has 3 rings (SSSR count). The van der Waals surface area contributed by atoms with Gasteiger partial charge in [-0.1, -0.05) is 0 Å². The van der Waals surface area contributed by atoms with Gasteiger partial charge < -0.3 is 14.2 Å². The minimum Gasteiger partial charge on any atom is -0.444 e. The quantitative estimate of drug-likeness (QED) is 0.707. The molecule has 1 aromatic carbocycles. The number of carbonyl (C=O) groups excluding carboxylic acids is 2. The average Bonchev–Trinajstić information content (AvgIpc) is 3.05. The molecule has 2 heterocycles. The predicted molar refractivity (Wildman–Crippen MR) is 84.5 cm³/mol. The summed E-state index contributed by atoms with van der Waals surface area (Å²) in [7, 11) is 0. The van der Waals surface area contributed by atoms with Crippen molar-refractivity contribution in [2.24, 2.45) is 0 Å². The minimum atomic E-state index is -1.68. The lowest BCUT2D eigenvalue weighted by molar-refractivity contribution is 0.0514. The van der Waals surface area contributed by atoms with Crippen molar-refractivity contribution >= 4 is 27.7 Å². The molecule has 9 heteroatoms. The van der Waals surface area contributed by atoms with Gasteiger partial charge in [-0.15, -0.1) is 0 Å². The molecule has 0 radical (unpaired) electrons. The van der Waals surface area contributed by atoms with E-state index in [-0.39, 0.29) is 37.8 Å². The lowest BCUT2D eigenvalue weighted by atomic mass is 10.1. The summed E-state index contributed by atoms with van der Waals surface area (Å²) in [5.41, 5.74) is -0.534. The Morgan fingerprint density at radius 2 is 1.48 bits per heavy atom. The Kier molecular flexibility index (Phi) is 4.85. The van der Waals surface area contributed by atoms with Crippen LogP contribution in [0.5, 0.6) is 0 Å². The summed E-state index contributed by atoms with van der Waals surface area (Å²) < 4.78 is 45.6. The monoisotopic (exact) mass is 416 g/mol. The first-order chi connectivity index (χ1) is 11.9. The van der Waals surface area contributed by atoms with Gasteiger partial charge in [0.05, 0.1) is 5.56 Å². The molecule has 1 aliphatic rings. The van der Waals surface area contributed by atoms with Gasteiger partial charge in [-0.2, -0.15) is 0 Å². The summed E-state index contributed by atoms with van der Waals surface area (Å²) in [5.74, 6) is -5.44. The van der Waals surface area contributed by atoms with Crippen LogP contribution in [0.3, 0.4) is 0 Å². The van der Waals surface area contributed by atoms with E-state index in [4.69, 9.17) is 4.42 Å². The number of halogens is 4. The highest BCUT2D eigenvalue weighted by Gasteiger charge is 2.29. The van der Waals surface area contributed by atoms with E-state index in [2.05, 4.69) is 15.9 Å². The average molecular weight is 417 g/mol. The van der Waals surface area contributed by atoms with Crippen LogP contribution in [0.4, 0.5) is 13.2 Å². The number of rotatable bonds is 2. The van der Waals surface area contributed by atoms with Crippen molar-refractivity contribution in [1.82, 2.24) is 9.80 Å². The number of furan rings is 1. The smallest absolute Gasteiger partial charge is 0.289 e. The molecular formula is C16H12BrF3N2O3. The Balaban J connectivity index is 1.67. The minimum absolute atomic E-state index is 0.144. The van der Waals surface area contributed by atoms with Crippen molar-refractivity contribution in [3.05, 3.63) is 57.7 Å². The van der Waals surface area contributed by atoms with Crippen LogP contribution in [0.1, 0.15) is 20.9 Å². The Hall–Kier alpha value is -2.29.